The molecule has 2 unspecified atom stereocenters. The van der Waals surface area contributed by atoms with Gasteiger partial charge in [0.25, 0.3) is 0 Å². The SMILES string of the molecule is c1ccc(-c2cc(-c3cccc(-c4ccc5c(c4)C4(c6ccccc6-5)c5ccccc5-n5c6ccccc6c6cccc4c65)c3)nc(-c3ccccc3)n2)cc1.c1ccc(-c2cc(-c3ccccc3)nc(-c3cccc(-c4ccc5c(c4)C4(c6ccccc6-5)c5ccccc5-n5c6ccccc6c6cccc4c65)c3)n2)cc1. The van der Waals surface area contributed by atoms with E-state index in [4.69, 9.17) is 19.9 Å². The number of hydrogen-bond donors (Lipinski definition) is 0. The molecule has 24 rings (SSSR count). The van der Waals surface area contributed by atoms with Gasteiger partial charge in [-0.15, -0.1) is 0 Å². The highest BCUT2D eigenvalue weighted by Crippen LogP contribution is 2.64. The molecule has 2 aliphatic heterocycles. The fourth-order valence-electron chi connectivity index (χ4n) is 19.3. The van der Waals surface area contributed by atoms with Crippen LogP contribution in [0.4, 0.5) is 0 Å². The maximum atomic E-state index is 5.16. The molecule has 520 valence electrons. The van der Waals surface area contributed by atoms with E-state index in [2.05, 4.69) is 373 Å². The zero-order valence-corrected chi connectivity index (χ0v) is 60.8. The van der Waals surface area contributed by atoms with E-state index in [1.54, 1.807) is 0 Å². The predicted molar refractivity (Wildman–Crippen MR) is 458 cm³/mol. The van der Waals surface area contributed by atoms with E-state index in [0.717, 1.165) is 72.8 Å². The minimum atomic E-state index is -0.502. The lowest BCUT2D eigenvalue weighted by atomic mass is 9.65. The van der Waals surface area contributed by atoms with Gasteiger partial charge in [-0.3, -0.25) is 0 Å². The minimum absolute atomic E-state index is 0.498. The third-order valence-corrected chi connectivity index (χ3v) is 24.0. The molecule has 0 saturated heterocycles. The van der Waals surface area contributed by atoms with Crippen LogP contribution in [0, 0.1) is 0 Å². The average molecular weight is 1420 g/mol. The summed E-state index contributed by atoms with van der Waals surface area (Å²) in [5, 5.41) is 5.14. The second kappa shape index (κ2) is 24.9. The number of aromatic nitrogens is 6. The second-order valence-corrected chi connectivity index (χ2v) is 29.8. The van der Waals surface area contributed by atoms with Crippen molar-refractivity contribution in [2.24, 2.45) is 0 Å². The standard InChI is InChI=1S/2C53H33N3/c1-3-15-34(16-4-1)47-33-48(55-52(54-47)35-17-5-2-6-18-35)38-20-13-19-36(31-38)37-29-30-40-39-21-7-9-24-43(39)53(46(40)32-37)44-25-10-12-28-50(44)56-49-27-11-8-22-41(49)42-23-14-26-45(53)51(42)56;1-3-15-34(16-4-1)47-33-48(35-17-5-2-6-18-35)55-52(54-47)38-20-13-19-36(31-38)37-29-30-40-39-21-7-9-24-43(39)53(46(40)32-37)44-25-10-12-28-50(44)56-49-27-11-8-22-41(49)42-23-14-26-45(53)51(42)56/h2*1-33H. The molecule has 2 aliphatic carbocycles. The van der Waals surface area contributed by atoms with Gasteiger partial charge in [0.2, 0.25) is 0 Å². The van der Waals surface area contributed by atoms with Gasteiger partial charge in [-0.2, -0.15) is 0 Å². The van der Waals surface area contributed by atoms with Crippen LogP contribution in [0.3, 0.4) is 0 Å². The monoisotopic (exact) mass is 1420 g/mol. The normalized spacial score (nSPS) is 14.9. The number of para-hydroxylation sites is 6. The van der Waals surface area contributed by atoms with Crippen LogP contribution in [0.1, 0.15) is 44.5 Å². The predicted octanol–water partition coefficient (Wildman–Crippen LogP) is 25.8. The summed E-state index contributed by atoms with van der Waals surface area (Å²) < 4.78 is 5.01. The molecule has 16 aromatic carbocycles. The summed E-state index contributed by atoms with van der Waals surface area (Å²) >= 11 is 0. The molecule has 20 aromatic rings. The van der Waals surface area contributed by atoms with Crippen molar-refractivity contribution >= 4 is 43.6 Å². The van der Waals surface area contributed by atoms with Crippen LogP contribution in [0.25, 0.3) is 167 Å². The molecule has 0 amide bonds. The van der Waals surface area contributed by atoms with Crippen molar-refractivity contribution in [1.82, 2.24) is 29.1 Å². The number of hydrogen-bond acceptors (Lipinski definition) is 4. The Bertz CT molecular complexity index is 6710. The van der Waals surface area contributed by atoms with Gasteiger partial charge in [-0.05, 0) is 150 Å². The van der Waals surface area contributed by atoms with E-state index in [1.807, 2.05) is 36.4 Å². The molecule has 0 N–H and O–H groups in total. The zero-order chi connectivity index (χ0) is 73.6. The molecule has 4 aromatic heterocycles. The van der Waals surface area contributed by atoms with E-state index < -0.39 is 10.8 Å². The molecule has 2 atom stereocenters. The lowest BCUT2D eigenvalue weighted by Crippen LogP contribution is -2.33. The number of fused-ring (bicyclic) bond motifs is 24. The molecule has 0 fully saturated rings. The summed E-state index contributed by atoms with van der Waals surface area (Å²) in [6.45, 7) is 0. The van der Waals surface area contributed by atoms with Crippen molar-refractivity contribution in [3.8, 4) is 124 Å². The van der Waals surface area contributed by atoms with Crippen molar-refractivity contribution < 1.29 is 0 Å². The Labute approximate surface area is 647 Å². The summed E-state index contributed by atoms with van der Waals surface area (Å²) in [6, 6.07) is 145. The van der Waals surface area contributed by atoms with E-state index in [1.165, 1.54) is 127 Å². The van der Waals surface area contributed by atoms with Gasteiger partial charge in [0.15, 0.2) is 11.6 Å². The quantitative estimate of drug-likeness (QED) is 0.152. The van der Waals surface area contributed by atoms with Crippen molar-refractivity contribution in [3.63, 3.8) is 0 Å². The first-order valence-corrected chi connectivity index (χ1v) is 38.5. The van der Waals surface area contributed by atoms with E-state index >= 15 is 0 Å². The Morgan fingerprint density at radius 2 is 0.482 bits per heavy atom. The molecule has 112 heavy (non-hydrogen) atoms. The van der Waals surface area contributed by atoms with E-state index in [9.17, 15) is 0 Å². The van der Waals surface area contributed by atoms with Gasteiger partial charge in [0.1, 0.15) is 0 Å². The first kappa shape index (κ1) is 63.4. The molecule has 6 heterocycles. The van der Waals surface area contributed by atoms with Gasteiger partial charge < -0.3 is 9.13 Å². The minimum Gasteiger partial charge on any atom is -0.309 e. The number of rotatable bonds is 8. The Balaban J connectivity index is 0.000000134. The molecule has 0 bridgehead atoms. The summed E-state index contributed by atoms with van der Waals surface area (Å²) in [6.07, 6.45) is 0. The third-order valence-electron chi connectivity index (χ3n) is 24.0. The van der Waals surface area contributed by atoms with Gasteiger partial charge in [-0.1, -0.05) is 340 Å². The first-order valence-electron chi connectivity index (χ1n) is 38.5. The highest BCUT2D eigenvalue weighted by molar-refractivity contribution is 6.14. The summed E-state index contributed by atoms with van der Waals surface area (Å²) in [4.78, 5) is 20.5. The van der Waals surface area contributed by atoms with Crippen molar-refractivity contribution in [1.29, 1.82) is 0 Å². The van der Waals surface area contributed by atoms with Crippen LogP contribution in [-0.2, 0) is 10.8 Å². The lowest BCUT2D eigenvalue weighted by molar-refractivity contribution is 0.749. The molecule has 2 spiro atoms. The van der Waals surface area contributed by atoms with Gasteiger partial charge >= 0.3 is 0 Å². The molecule has 0 radical (unpaired) electrons. The zero-order valence-electron chi connectivity index (χ0n) is 60.8. The smallest absolute Gasteiger partial charge is 0.160 e. The molecule has 6 heteroatoms. The van der Waals surface area contributed by atoms with Gasteiger partial charge in [0.05, 0.1) is 67.0 Å². The van der Waals surface area contributed by atoms with Gasteiger partial charge in [-0.25, -0.2) is 19.9 Å². The summed E-state index contributed by atoms with van der Waals surface area (Å²) in [5.41, 5.74) is 36.7. The molecule has 6 nitrogen and oxygen atoms in total. The molecular weight excluding hydrogens is 1360 g/mol. The highest BCUT2D eigenvalue weighted by Gasteiger charge is 2.53. The first-order chi connectivity index (χ1) is 55.5. The number of nitrogens with zero attached hydrogens (tertiary/aromatic N) is 6. The summed E-state index contributed by atoms with van der Waals surface area (Å²) in [7, 11) is 0. The maximum absolute atomic E-state index is 5.16. The van der Waals surface area contributed by atoms with Crippen molar-refractivity contribution in [2.75, 3.05) is 0 Å². The van der Waals surface area contributed by atoms with Gasteiger partial charge in [0, 0.05) is 54.9 Å². The second-order valence-electron chi connectivity index (χ2n) is 29.8. The van der Waals surface area contributed by atoms with Crippen LogP contribution in [0.2, 0.25) is 0 Å². The van der Waals surface area contributed by atoms with Crippen molar-refractivity contribution in [2.45, 2.75) is 10.8 Å². The topological polar surface area (TPSA) is 61.4 Å². The van der Waals surface area contributed by atoms with Crippen LogP contribution in [0.5, 0.6) is 0 Å². The third kappa shape index (κ3) is 9.33. The Hall–Kier alpha value is -14.7. The fourth-order valence-corrected chi connectivity index (χ4v) is 19.3. The largest absolute Gasteiger partial charge is 0.309 e. The number of benzene rings is 16. The fraction of sp³-hybridized carbons (Fsp3) is 0.0189. The Morgan fingerprint density at radius 3 is 0.946 bits per heavy atom. The van der Waals surface area contributed by atoms with Crippen molar-refractivity contribution in [3.05, 3.63) is 445 Å². The van der Waals surface area contributed by atoms with Crippen LogP contribution in [-0.4, -0.2) is 29.1 Å². The lowest BCUT2D eigenvalue weighted by Gasteiger charge is -2.39. The Morgan fingerprint density at radius 1 is 0.179 bits per heavy atom. The Kier molecular flexibility index (Phi) is 14.1. The van der Waals surface area contributed by atoms with E-state index in [-0.39, 0.29) is 0 Å². The molecule has 0 saturated carbocycles. The van der Waals surface area contributed by atoms with Crippen LogP contribution in [0.15, 0.2) is 400 Å². The van der Waals surface area contributed by atoms with Crippen LogP contribution < -0.4 is 0 Å². The summed E-state index contributed by atoms with van der Waals surface area (Å²) in [5.74, 6) is 1.42. The van der Waals surface area contributed by atoms with E-state index in [0.29, 0.717) is 11.6 Å². The highest BCUT2D eigenvalue weighted by atomic mass is 15.0. The molecule has 4 aliphatic rings. The average Bonchev–Trinajstić information content (AvgIpc) is 1.49. The molecular formula is C106H66N6. The van der Waals surface area contributed by atoms with Crippen LogP contribution >= 0.6 is 0 Å². The maximum Gasteiger partial charge on any atom is 0.160 e.